The first-order valence-electron chi connectivity index (χ1n) is 10.8. The summed E-state index contributed by atoms with van der Waals surface area (Å²) >= 11 is 0. The van der Waals surface area contributed by atoms with Crippen molar-refractivity contribution in [1.29, 1.82) is 0 Å². The summed E-state index contributed by atoms with van der Waals surface area (Å²) in [7, 11) is 0. The Morgan fingerprint density at radius 3 is 2.77 bits per heavy atom. The Bertz CT molecular complexity index is 712. The summed E-state index contributed by atoms with van der Waals surface area (Å²) in [5.41, 5.74) is 3.72. The maximum absolute atomic E-state index is 10.2. The highest BCUT2D eigenvalue weighted by molar-refractivity contribution is 5.72. The highest BCUT2D eigenvalue weighted by Crippen LogP contribution is 2.67. The number of nitrogens with zero attached hydrogens (tertiary/aromatic N) is 1. The smallest absolute Gasteiger partial charge is 0.0543 e. The van der Waals surface area contributed by atoms with Crippen LogP contribution in [0.5, 0.6) is 0 Å². The maximum Gasteiger partial charge on any atom is 0.0543 e. The largest absolute Gasteiger partial charge is 0.393 e. The number of aromatic nitrogens is 1. The van der Waals surface area contributed by atoms with Crippen molar-refractivity contribution in [3.8, 4) is 0 Å². The van der Waals surface area contributed by atoms with Crippen LogP contribution >= 0.6 is 0 Å². The molecule has 2 heteroatoms. The number of pyridine rings is 1. The Kier molecular flexibility index (Phi) is 3.87. The Morgan fingerprint density at radius 1 is 1.08 bits per heavy atom. The Hall–Kier alpha value is -1.15. The molecule has 3 fully saturated rings. The number of fused-ring (bicyclic) bond motifs is 5. The topological polar surface area (TPSA) is 33.1 Å². The standard InChI is InChI=1S/C24H33NO/c1-23-11-9-18(26)14-17(23)5-6-19-21-8-7-20(16-4-3-13-25-15-16)24(21,2)12-10-22(19)23/h3-4,7,13,15,17-19,21-22,26H,5-6,8-12,14H2,1-2H3/t17-,18-,19+,21+,22+,23+,24-/m1/s1. The molecular weight excluding hydrogens is 318 g/mol. The fourth-order valence-electron chi connectivity index (χ4n) is 7.77. The van der Waals surface area contributed by atoms with Crippen molar-refractivity contribution >= 4 is 5.57 Å². The zero-order valence-corrected chi connectivity index (χ0v) is 16.3. The van der Waals surface area contributed by atoms with Gasteiger partial charge >= 0.3 is 0 Å². The molecule has 2 nitrogen and oxygen atoms in total. The first-order valence-corrected chi connectivity index (χ1v) is 10.8. The van der Waals surface area contributed by atoms with Crippen LogP contribution in [0.4, 0.5) is 0 Å². The number of hydrogen-bond acceptors (Lipinski definition) is 2. The number of allylic oxidation sites excluding steroid dienone is 2. The summed E-state index contributed by atoms with van der Waals surface area (Å²) < 4.78 is 0. The minimum absolute atomic E-state index is 0.0381. The predicted molar refractivity (Wildman–Crippen MR) is 105 cm³/mol. The minimum atomic E-state index is -0.0381. The van der Waals surface area contributed by atoms with E-state index in [2.05, 4.69) is 43.2 Å². The van der Waals surface area contributed by atoms with Gasteiger partial charge in [0.15, 0.2) is 0 Å². The Morgan fingerprint density at radius 2 is 1.96 bits per heavy atom. The Labute approximate surface area is 158 Å². The van der Waals surface area contributed by atoms with E-state index in [1.807, 2.05) is 6.20 Å². The highest BCUT2D eigenvalue weighted by Gasteiger charge is 2.58. The van der Waals surface area contributed by atoms with Crippen molar-refractivity contribution in [3.05, 3.63) is 36.2 Å². The van der Waals surface area contributed by atoms with E-state index in [1.165, 1.54) is 44.1 Å². The summed E-state index contributed by atoms with van der Waals surface area (Å²) in [6.45, 7) is 5.12. The molecule has 0 spiro atoms. The summed E-state index contributed by atoms with van der Waals surface area (Å²) in [6, 6.07) is 4.33. The number of aliphatic hydroxyl groups excluding tert-OH is 1. The van der Waals surface area contributed by atoms with Crippen molar-refractivity contribution in [1.82, 2.24) is 4.98 Å². The zero-order valence-electron chi connectivity index (χ0n) is 16.3. The average molecular weight is 352 g/mol. The van der Waals surface area contributed by atoms with Crippen LogP contribution in [-0.4, -0.2) is 16.2 Å². The van der Waals surface area contributed by atoms with E-state index in [1.54, 1.807) is 5.57 Å². The van der Waals surface area contributed by atoms with Gasteiger partial charge in [-0.2, -0.15) is 0 Å². The van der Waals surface area contributed by atoms with Crippen LogP contribution in [0.3, 0.4) is 0 Å². The fourth-order valence-corrected chi connectivity index (χ4v) is 7.77. The lowest BCUT2D eigenvalue weighted by Crippen LogP contribution is -2.53. The van der Waals surface area contributed by atoms with Gasteiger partial charge in [0, 0.05) is 12.4 Å². The van der Waals surface area contributed by atoms with Crippen LogP contribution in [0.2, 0.25) is 0 Å². The third-order valence-corrected chi connectivity index (χ3v) is 9.19. The molecule has 3 saturated carbocycles. The molecule has 7 atom stereocenters. The molecule has 0 aliphatic heterocycles. The molecule has 140 valence electrons. The van der Waals surface area contributed by atoms with Gasteiger partial charge in [-0.1, -0.05) is 26.0 Å². The van der Waals surface area contributed by atoms with E-state index in [0.29, 0.717) is 10.8 Å². The molecule has 0 radical (unpaired) electrons. The molecule has 0 bridgehead atoms. The molecule has 5 rings (SSSR count). The van der Waals surface area contributed by atoms with Gasteiger partial charge in [-0.15, -0.1) is 0 Å². The second-order valence-corrected chi connectivity index (χ2v) is 10.1. The molecule has 0 saturated heterocycles. The quantitative estimate of drug-likeness (QED) is 0.727. The molecule has 4 aliphatic rings. The lowest BCUT2D eigenvalue weighted by molar-refractivity contribution is -0.115. The highest BCUT2D eigenvalue weighted by atomic mass is 16.3. The molecule has 0 amide bonds. The van der Waals surface area contributed by atoms with Gasteiger partial charge in [0.05, 0.1) is 6.10 Å². The van der Waals surface area contributed by atoms with Gasteiger partial charge < -0.3 is 5.11 Å². The number of aliphatic hydroxyl groups is 1. The van der Waals surface area contributed by atoms with Gasteiger partial charge in [0.25, 0.3) is 0 Å². The minimum Gasteiger partial charge on any atom is -0.393 e. The van der Waals surface area contributed by atoms with Crippen molar-refractivity contribution < 1.29 is 5.11 Å². The van der Waals surface area contributed by atoms with Crippen molar-refractivity contribution in [2.24, 2.45) is 34.5 Å². The SMILES string of the molecule is C[C@]12CC[C@@H](O)C[C@H]1CC[C@@H]1[C@@H]2CC[C@]2(C)C(c3cccnc3)=CC[C@@H]12. The van der Waals surface area contributed by atoms with E-state index in [9.17, 15) is 5.11 Å². The molecule has 0 unspecified atom stereocenters. The van der Waals surface area contributed by atoms with E-state index >= 15 is 0 Å². The van der Waals surface area contributed by atoms with Crippen LogP contribution in [0.15, 0.2) is 30.6 Å². The lowest BCUT2D eigenvalue weighted by Gasteiger charge is -2.60. The maximum atomic E-state index is 10.2. The molecule has 1 aromatic rings. The average Bonchev–Trinajstić information content (AvgIpc) is 3.00. The monoisotopic (exact) mass is 351 g/mol. The second kappa shape index (κ2) is 5.92. The third-order valence-electron chi connectivity index (χ3n) is 9.19. The van der Waals surface area contributed by atoms with Crippen molar-refractivity contribution in [2.75, 3.05) is 0 Å². The second-order valence-electron chi connectivity index (χ2n) is 10.1. The van der Waals surface area contributed by atoms with Gasteiger partial charge in [0.2, 0.25) is 0 Å². The summed E-state index contributed by atoms with van der Waals surface area (Å²) in [6.07, 6.45) is 16.4. The predicted octanol–water partition coefficient (Wildman–Crippen LogP) is 5.48. The molecule has 0 aromatic carbocycles. The Balaban J connectivity index is 1.44. The van der Waals surface area contributed by atoms with Crippen LogP contribution in [0.1, 0.15) is 70.8 Å². The van der Waals surface area contributed by atoms with Crippen LogP contribution in [-0.2, 0) is 0 Å². The van der Waals surface area contributed by atoms with Crippen molar-refractivity contribution in [3.63, 3.8) is 0 Å². The van der Waals surface area contributed by atoms with E-state index < -0.39 is 0 Å². The molecule has 4 aliphatic carbocycles. The van der Waals surface area contributed by atoms with E-state index in [0.717, 1.165) is 36.5 Å². The molecule has 1 aromatic heterocycles. The first-order chi connectivity index (χ1) is 12.5. The first kappa shape index (κ1) is 17.0. The van der Waals surface area contributed by atoms with Crippen molar-refractivity contribution in [2.45, 2.75) is 71.3 Å². The molecule has 26 heavy (non-hydrogen) atoms. The lowest BCUT2D eigenvalue weighted by atomic mass is 9.44. The number of hydrogen-bond donors (Lipinski definition) is 1. The molecule has 1 N–H and O–H groups in total. The summed E-state index contributed by atoms with van der Waals surface area (Å²) in [4.78, 5) is 4.39. The summed E-state index contributed by atoms with van der Waals surface area (Å²) in [5, 5.41) is 10.2. The van der Waals surface area contributed by atoms with Gasteiger partial charge in [-0.05, 0) is 103 Å². The third kappa shape index (κ3) is 2.30. The molecule has 1 heterocycles. The number of rotatable bonds is 1. The fraction of sp³-hybridized carbons (Fsp3) is 0.708. The van der Waals surface area contributed by atoms with Crippen LogP contribution < -0.4 is 0 Å². The van der Waals surface area contributed by atoms with E-state index in [-0.39, 0.29) is 6.10 Å². The van der Waals surface area contributed by atoms with Crippen LogP contribution in [0.25, 0.3) is 5.57 Å². The summed E-state index contributed by atoms with van der Waals surface area (Å²) in [5.74, 6) is 3.30. The normalized spacial score (nSPS) is 47.5. The van der Waals surface area contributed by atoms with Gasteiger partial charge in [-0.3, -0.25) is 4.98 Å². The van der Waals surface area contributed by atoms with E-state index in [4.69, 9.17) is 0 Å². The van der Waals surface area contributed by atoms with Gasteiger partial charge in [0.1, 0.15) is 0 Å². The molecular formula is C24H33NO. The zero-order chi connectivity index (χ0) is 17.9. The van der Waals surface area contributed by atoms with Crippen LogP contribution in [0, 0.1) is 34.5 Å². The van der Waals surface area contributed by atoms with Gasteiger partial charge in [-0.25, -0.2) is 0 Å².